The van der Waals surface area contributed by atoms with E-state index in [4.69, 9.17) is 23.9 Å². The fourth-order valence-electron chi connectivity index (χ4n) is 3.47. The Hall–Kier alpha value is -2.64. The van der Waals surface area contributed by atoms with Crippen molar-refractivity contribution in [2.24, 2.45) is 0 Å². The lowest BCUT2D eigenvalue weighted by molar-refractivity contribution is 0.0687. The first-order chi connectivity index (χ1) is 14.8. The van der Waals surface area contributed by atoms with Crippen LogP contribution in [0, 0.1) is 20.8 Å². The van der Waals surface area contributed by atoms with Gasteiger partial charge in [-0.25, -0.2) is 4.79 Å². The molecule has 6 nitrogen and oxygen atoms in total. The molecule has 0 atom stereocenters. The Labute approximate surface area is 190 Å². The molecule has 1 aromatic heterocycles. The Morgan fingerprint density at radius 1 is 1.06 bits per heavy atom. The van der Waals surface area contributed by atoms with Crippen LogP contribution in [0.25, 0.3) is 10.9 Å². The molecular weight excluding hydrogens is 462 g/mol. The first-order valence-corrected chi connectivity index (χ1v) is 10.8. The predicted octanol–water partition coefficient (Wildman–Crippen LogP) is 6.44. The van der Waals surface area contributed by atoms with Crippen LogP contribution in [0.4, 0.5) is 4.79 Å². The van der Waals surface area contributed by atoms with Crippen molar-refractivity contribution in [2.45, 2.75) is 34.1 Å². The summed E-state index contributed by atoms with van der Waals surface area (Å²) in [6.45, 7) is 8.26. The summed E-state index contributed by atoms with van der Waals surface area (Å²) in [6, 6.07) is 9.60. The van der Waals surface area contributed by atoms with Gasteiger partial charge in [0.25, 0.3) is 0 Å². The highest BCUT2D eigenvalue weighted by Gasteiger charge is 2.21. The Morgan fingerprint density at radius 2 is 1.84 bits per heavy atom. The van der Waals surface area contributed by atoms with Gasteiger partial charge in [-0.05, 0) is 57.0 Å². The van der Waals surface area contributed by atoms with Crippen molar-refractivity contribution in [1.29, 1.82) is 0 Å². The molecule has 2 aromatic carbocycles. The summed E-state index contributed by atoms with van der Waals surface area (Å²) in [5.74, 6) is 1.85. The predicted molar refractivity (Wildman–Crippen MR) is 123 cm³/mol. The van der Waals surface area contributed by atoms with Crippen molar-refractivity contribution in [1.82, 2.24) is 4.98 Å². The maximum atomic E-state index is 12.3. The summed E-state index contributed by atoms with van der Waals surface area (Å²) in [5.41, 5.74) is 4.20. The average Bonchev–Trinajstić information content (AvgIpc) is 2.73. The number of hydrogen-bond acceptors (Lipinski definition) is 6. The number of nitrogens with zero attached hydrogens (tertiary/aromatic N) is 1. The Balaban J connectivity index is 2.11. The molecule has 3 aromatic rings. The Bertz CT molecular complexity index is 1110. The second kappa shape index (κ2) is 10.1. The van der Waals surface area contributed by atoms with E-state index in [2.05, 4.69) is 15.9 Å². The smallest absolute Gasteiger partial charge is 0.457 e. The van der Waals surface area contributed by atoms with Crippen molar-refractivity contribution in [3.05, 3.63) is 57.2 Å². The summed E-state index contributed by atoms with van der Waals surface area (Å²) in [5, 5.41) is 0.731. The van der Waals surface area contributed by atoms with Gasteiger partial charge in [0.2, 0.25) is 0 Å². The van der Waals surface area contributed by atoms with Crippen LogP contribution in [0.1, 0.15) is 29.3 Å². The van der Waals surface area contributed by atoms with E-state index < -0.39 is 6.16 Å². The number of fused-ring (bicyclic) bond motifs is 1. The molecule has 0 aliphatic rings. The minimum Gasteiger partial charge on any atom is -0.457 e. The summed E-state index contributed by atoms with van der Waals surface area (Å²) in [6.07, 6.45) is -0.0604. The van der Waals surface area contributed by atoms with Crippen molar-refractivity contribution in [3.63, 3.8) is 0 Å². The number of aryl methyl sites for hydroxylation is 3. The lowest BCUT2D eigenvalue weighted by atomic mass is 9.99. The van der Waals surface area contributed by atoms with E-state index in [1.165, 1.54) is 0 Å². The highest BCUT2D eigenvalue weighted by Crippen LogP contribution is 2.40. The summed E-state index contributed by atoms with van der Waals surface area (Å²) >= 11 is 3.47. The van der Waals surface area contributed by atoms with Gasteiger partial charge in [-0.3, -0.25) is 4.98 Å². The molecule has 0 fully saturated rings. The normalized spacial score (nSPS) is 10.9. The molecule has 0 saturated carbocycles. The molecule has 0 unspecified atom stereocenters. The standard InChI is InChI=1S/C24H26BrNO5/c1-6-19-15(3)23(31-24(27)29-11-10-28-5)21-16(4)22(14(2)12-20(21)26-19)30-18-9-7-8-17(25)13-18/h7-9,12-13H,6,10-11H2,1-5H3. The number of pyridine rings is 1. The topological polar surface area (TPSA) is 66.9 Å². The second-order valence-electron chi connectivity index (χ2n) is 7.16. The Morgan fingerprint density at radius 3 is 2.52 bits per heavy atom. The molecule has 1 heterocycles. The van der Waals surface area contributed by atoms with Gasteiger partial charge < -0.3 is 18.9 Å². The van der Waals surface area contributed by atoms with E-state index in [9.17, 15) is 4.79 Å². The van der Waals surface area contributed by atoms with E-state index in [0.717, 1.165) is 37.8 Å². The molecule has 164 valence electrons. The summed E-state index contributed by atoms with van der Waals surface area (Å²) in [7, 11) is 1.54. The third kappa shape index (κ3) is 5.17. The molecule has 7 heteroatoms. The van der Waals surface area contributed by atoms with E-state index in [1.807, 2.05) is 58.0 Å². The van der Waals surface area contributed by atoms with Crippen LogP contribution in [-0.4, -0.2) is 31.5 Å². The van der Waals surface area contributed by atoms with Crippen molar-refractivity contribution >= 4 is 33.0 Å². The molecule has 0 radical (unpaired) electrons. The molecule has 0 N–H and O–H groups in total. The van der Waals surface area contributed by atoms with Crippen LogP contribution in [0.15, 0.2) is 34.8 Å². The van der Waals surface area contributed by atoms with Crippen molar-refractivity contribution in [3.8, 4) is 17.2 Å². The minimum absolute atomic E-state index is 0.118. The van der Waals surface area contributed by atoms with Crippen LogP contribution in [0.5, 0.6) is 17.2 Å². The van der Waals surface area contributed by atoms with Crippen LogP contribution in [-0.2, 0) is 15.9 Å². The third-order valence-electron chi connectivity index (χ3n) is 4.98. The molecule has 0 amide bonds. The molecule has 0 aliphatic carbocycles. The lowest BCUT2D eigenvalue weighted by Crippen LogP contribution is -2.15. The molecule has 0 bridgehead atoms. The number of carbonyl (C=O) groups excluding carboxylic acids is 1. The number of ether oxygens (including phenoxy) is 4. The number of carbonyl (C=O) groups is 1. The third-order valence-corrected chi connectivity index (χ3v) is 5.48. The van der Waals surface area contributed by atoms with Gasteiger partial charge in [0.05, 0.1) is 17.5 Å². The SMILES string of the molecule is CCc1nc2cc(C)c(Oc3cccc(Br)c3)c(C)c2c(OC(=O)OCCOC)c1C. The average molecular weight is 488 g/mol. The fraction of sp³-hybridized carbons (Fsp3) is 0.333. The summed E-state index contributed by atoms with van der Waals surface area (Å²) < 4.78 is 22.9. The zero-order valence-corrected chi connectivity index (χ0v) is 20.0. The van der Waals surface area contributed by atoms with Gasteiger partial charge in [-0.2, -0.15) is 0 Å². The fourth-order valence-corrected chi connectivity index (χ4v) is 3.84. The van der Waals surface area contributed by atoms with Crippen LogP contribution in [0.2, 0.25) is 0 Å². The Kier molecular flexibility index (Phi) is 7.51. The molecule has 31 heavy (non-hydrogen) atoms. The number of aromatic nitrogens is 1. The van der Waals surface area contributed by atoms with Gasteiger partial charge >= 0.3 is 6.16 Å². The molecule has 0 aliphatic heterocycles. The van der Waals surface area contributed by atoms with E-state index in [-0.39, 0.29) is 6.61 Å². The highest BCUT2D eigenvalue weighted by atomic mass is 79.9. The van der Waals surface area contributed by atoms with E-state index in [1.54, 1.807) is 7.11 Å². The minimum atomic E-state index is -0.774. The highest BCUT2D eigenvalue weighted by molar-refractivity contribution is 9.10. The largest absolute Gasteiger partial charge is 0.513 e. The lowest BCUT2D eigenvalue weighted by Gasteiger charge is -2.19. The van der Waals surface area contributed by atoms with Gasteiger partial charge in [-0.1, -0.05) is 28.9 Å². The first-order valence-electron chi connectivity index (χ1n) is 10.1. The zero-order chi connectivity index (χ0) is 22.5. The van der Waals surface area contributed by atoms with Gasteiger partial charge in [0.1, 0.15) is 23.9 Å². The molecule has 0 spiro atoms. The maximum absolute atomic E-state index is 12.3. The zero-order valence-electron chi connectivity index (χ0n) is 18.4. The maximum Gasteiger partial charge on any atom is 0.513 e. The van der Waals surface area contributed by atoms with Crippen molar-refractivity contribution < 1.29 is 23.7 Å². The van der Waals surface area contributed by atoms with E-state index >= 15 is 0 Å². The number of halogens is 1. The number of methoxy groups -OCH3 is 1. The van der Waals surface area contributed by atoms with E-state index in [0.29, 0.717) is 30.3 Å². The van der Waals surface area contributed by atoms with Gasteiger partial charge in [0.15, 0.2) is 0 Å². The van der Waals surface area contributed by atoms with Crippen molar-refractivity contribution in [2.75, 3.05) is 20.3 Å². The van der Waals surface area contributed by atoms with Crippen LogP contribution in [0.3, 0.4) is 0 Å². The molecule has 3 rings (SSSR count). The van der Waals surface area contributed by atoms with Gasteiger partial charge in [-0.15, -0.1) is 0 Å². The van der Waals surface area contributed by atoms with Crippen LogP contribution >= 0.6 is 15.9 Å². The quantitative estimate of drug-likeness (QED) is 0.282. The monoisotopic (exact) mass is 487 g/mol. The van der Waals surface area contributed by atoms with Crippen LogP contribution < -0.4 is 9.47 Å². The van der Waals surface area contributed by atoms with Gasteiger partial charge in [0, 0.05) is 28.4 Å². The number of benzene rings is 2. The molecular formula is C24H26BrNO5. The number of rotatable bonds is 7. The number of hydrogen-bond donors (Lipinski definition) is 0. The summed E-state index contributed by atoms with van der Waals surface area (Å²) in [4.78, 5) is 17.1. The molecule has 0 saturated heterocycles. The second-order valence-corrected chi connectivity index (χ2v) is 8.08. The first kappa shape index (κ1) is 23.0.